The van der Waals surface area contributed by atoms with Crippen molar-refractivity contribution in [2.24, 2.45) is 5.73 Å². The lowest BCUT2D eigenvalue weighted by molar-refractivity contribution is 0.338. The van der Waals surface area contributed by atoms with Gasteiger partial charge in [0.1, 0.15) is 5.76 Å². The van der Waals surface area contributed by atoms with Gasteiger partial charge in [-0.2, -0.15) is 0 Å². The number of hydrogen-bond acceptors (Lipinski definition) is 4. The number of fused-ring (bicyclic) bond motifs is 1. The van der Waals surface area contributed by atoms with Gasteiger partial charge in [0.15, 0.2) is 0 Å². The summed E-state index contributed by atoms with van der Waals surface area (Å²) in [5, 5.41) is 12.6. The molecule has 0 saturated carbocycles. The van der Waals surface area contributed by atoms with Crippen LogP contribution in [0.5, 0.6) is 5.88 Å². The summed E-state index contributed by atoms with van der Waals surface area (Å²) in [5.74, 6) is 0.716. The molecule has 4 nitrogen and oxygen atoms in total. The van der Waals surface area contributed by atoms with E-state index in [4.69, 9.17) is 10.3 Å². The summed E-state index contributed by atoms with van der Waals surface area (Å²) >= 11 is 0. The third-order valence-corrected chi connectivity index (χ3v) is 2.07. The zero-order valence-electron chi connectivity index (χ0n) is 6.08. The lowest BCUT2D eigenvalue weighted by Crippen LogP contribution is -2.15. The van der Waals surface area contributed by atoms with E-state index in [2.05, 4.69) is 5.16 Å². The number of aromatic nitrogens is 1. The van der Waals surface area contributed by atoms with Crippen molar-refractivity contribution in [3.63, 3.8) is 0 Å². The standard InChI is InChI=1S/C7H10N2O2/c8-4-2-1-3-5-6(4)7(10)9-11-5/h4H,1-3,8H2,(H,9,10)/t4-/m1/s1. The molecule has 0 bridgehead atoms. The molecule has 0 aliphatic heterocycles. The molecule has 0 spiro atoms. The molecule has 0 fully saturated rings. The van der Waals surface area contributed by atoms with E-state index in [0.717, 1.165) is 25.0 Å². The van der Waals surface area contributed by atoms with Gasteiger partial charge < -0.3 is 15.4 Å². The number of nitrogens with zero attached hydrogens (tertiary/aromatic N) is 1. The molecule has 0 saturated heterocycles. The number of rotatable bonds is 0. The zero-order valence-corrected chi connectivity index (χ0v) is 6.08. The Bertz CT molecular complexity index is 269. The predicted molar refractivity (Wildman–Crippen MR) is 38.0 cm³/mol. The summed E-state index contributed by atoms with van der Waals surface area (Å²) < 4.78 is 4.88. The first kappa shape index (κ1) is 6.67. The van der Waals surface area contributed by atoms with Gasteiger partial charge in [-0.15, -0.1) is 0 Å². The first-order chi connectivity index (χ1) is 5.29. The van der Waals surface area contributed by atoms with Gasteiger partial charge in [-0.05, 0) is 18.0 Å². The van der Waals surface area contributed by atoms with Gasteiger partial charge in [-0.1, -0.05) is 0 Å². The van der Waals surface area contributed by atoms with Crippen molar-refractivity contribution in [2.75, 3.05) is 0 Å². The van der Waals surface area contributed by atoms with Crippen LogP contribution in [-0.2, 0) is 6.42 Å². The van der Waals surface area contributed by atoms with E-state index < -0.39 is 0 Å². The van der Waals surface area contributed by atoms with Gasteiger partial charge in [0.05, 0.1) is 5.56 Å². The molecule has 3 N–H and O–H groups in total. The molecule has 11 heavy (non-hydrogen) atoms. The molecule has 1 atom stereocenters. The van der Waals surface area contributed by atoms with Gasteiger partial charge in [-0.25, -0.2) is 0 Å². The average Bonchev–Trinajstić information content (AvgIpc) is 2.34. The molecule has 1 aromatic rings. The monoisotopic (exact) mass is 154 g/mol. The van der Waals surface area contributed by atoms with Crippen LogP contribution in [0.1, 0.15) is 30.2 Å². The van der Waals surface area contributed by atoms with Gasteiger partial charge in [-0.3, -0.25) is 0 Å². The number of hydrogen-bond donors (Lipinski definition) is 2. The Morgan fingerprint density at radius 3 is 3.18 bits per heavy atom. The highest BCUT2D eigenvalue weighted by Crippen LogP contribution is 2.33. The number of nitrogens with two attached hydrogens (primary N) is 1. The Morgan fingerprint density at radius 1 is 1.64 bits per heavy atom. The largest absolute Gasteiger partial charge is 0.491 e. The fraction of sp³-hybridized carbons (Fsp3) is 0.571. The highest BCUT2D eigenvalue weighted by molar-refractivity contribution is 5.32. The average molecular weight is 154 g/mol. The highest BCUT2D eigenvalue weighted by atomic mass is 16.5. The summed E-state index contributed by atoms with van der Waals surface area (Å²) in [7, 11) is 0. The van der Waals surface area contributed by atoms with E-state index >= 15 is 0 Å². The summed E-state index contributed by atoms with van der Waals surface area (Å²) in [6.07, 6.45) is 2.77. The van der Waals surface area contributed by atoms with E-state index in [1.54, 1.807) is 0 Å². The van der Waals surface area contributed by atoms with E-state index in [-0.39, 0.29) is 11.9 Å². The molecule has 1 aliphatic carbocycles. The number of aromatic hydroxyl groups is 1. The second-order valence-electron chi connectivity index (χ2n) is 2.84. The molecule has 0 unspecified atom stereocenters. The van der Waals surface area contributed by atoms with Gasteiger partial charge in [0, 0.05) is 12.5 Å². The molecule has 60 valence electrons. The number of aryl methyl sites for hydroxylation is 1. The summed E-state index contributed by atoms with van der Waals surface area (Å²) in [6.45, 7) is 0. The molecule has 1 heterocycles. The minimum atomic E-state index is -0.0926. The van der Waals surface area contributed by atoms with Crippen LogP contribution in [0, 0.1) is 0 Å². The maximum atomic E-state index is 9.18. The molecule has 0 aromatic carbocycles. The van der Waals surface area contributed by atoms with Gasteiger partial charge in [0.25, 0.3) is 5.88 Å². The van der Waals surface area contributed by atoms with Crippen LogP contribution < -0.4 is 5.73 Å². The van der Waals surface area contributed by atoms with Crippen molar-refractivity contribution in [1.82, 2.24) is 5.16 Å². The third kappa shape index (κ3) is 0.903. The van der Waals surface area contributed by atoms with E-state index in [0.29, 0.717) is 5.56 Å². The fourth-order valence-corrected chi connectivity index (χ4v) is 1.50. The van der Waals surface area contributed by atoms with Crippen molar-refractivity contribution in [3.05, 3.63) is 11.3 Å². The molecule has 4 heteroatoms. The van der Waals surface area contributed by atoms with Crippen molar-refractivity contribution in [2.45, 2.75) is 25.3 Å². The second kappa shape index (κ2) is 2.23. The Hall–Kier alpha value is -1.03. The molecule has 1 aliphatic rings. The van der Waals surface area contributed by atoms with Crippen LogP contribution >= 0.6 is 0 Å². The topological polar surface area (TPSA) is 72.3 Å². The van der Waals surface area contributed by atoms with Crippen LogP contribution in [0.4, 0.5) is 0 Å². The van der Waals surface area contributed by atoms with E-state index in [1.807, 2.05) is 0 Å². The SMILES string of the molecule is N[C@@H]1CCCc2onc(O)c21. The Labute approximate surface area is 64.0 Å². The molecule has 2 rings (SSSR count). The fourth-order valence-electron chi connectivity index (χ4n) is 1.50. The lowest BCUT2D eigenvalue weighted by atomic mass is 9.94. The quantitative estimate of drug-likeness (QED) is 0.577. The third-order valence-electron chi connectivity index (χ3n) is 2.07. The second-order valence-corrected chi connectivity index (χ2v) is 2.84. The summed E-state index contributed by atoms with van der Waals surface area (Å²) in [4.78, 5) is 0. The molecule has 1 aromatic heterocycles. The molecule has 0 radical (unpaired) electrons. The van der Waals surface area contributed by atoms with Crippen LogP contribution in [0.15, 0.2) is 4.52 Å². The lowest BCUT2D eigenvalue weighted by Gasteiger charge is -2.15. The van der Waals surface area contributed by atoms with E-state index in [1.165, 1.54) is 0 Å². The first-order valence-corrected chi connectivity index (χ1v) is 3.72. The first-order valence-electron chi connectivity index (χ1n) is 3.72. The minimum absolute atomic E-state index is 0.0350. The smallest absolute Gasteiger partial charge is 0.256 e. The van der Waals surface area contributed by atoms with Crippen LogP contribution in [0.2, 0.25) is 0 Å². The van der Waals surface area contributed by atoms with Crippen molar-refractivity contribution < 1.29 is 9.63 Å². The van der Waals surface area contributed by atoms with Crippen molar-refractivity contribution >= 4 is 0 Å². The van der Waals surface area contributed by atoms with Crippen LogP contribution in [0.3, 0.4) is 0 Å². The summed E-state index contributed by atoms with van der Waals surface area (Å²) in [5.41, 5.74) is 6.44. The van der Waals surface area contributed by atoms with Crippen LogP contribution in [-0.4, -0.2) is 10.3 Å². The Balaban J connectivity index is 2.48. The van der Waals surface area contributed by atoms with Crippen LogP contribution in [0.25, 0.3) is 0 Å². The maximum Gasteiger partial charge on any atom is 0.256 e. The molecule has 0 amide bonds. The molecular weight excluding hydrogens is 144 g/mol. The molecular formula is C7H10N2O2. The van der Waals surface area contributed by atoms with Gasteiger partial charge >= 0.3 is 0 Å². The van der Waals surface area contributed by atoms with Crippen molar-refractivity contribution in [3.8, 4) is 5.88 Å². The van der Waals surface area contributed by atoms with Gasteiger partial charge in [0.2, 0.25) is 0 Å². The predicted octanol–water partition coefficient (Wildman–Crippen LogP) is 0.716. The van der Waals surface area contributed by atoms with E-state index in [9.17, 15) is 5.11 Å². The summed E-state index contributed by atoms with van der Waals surface area (Å²) in [6, 6.07) is -0.0926. The Kier molecular flexibility index (Phi) is 1.35. The highest BCUT2D eigenvalue weighted by Gasteiger charge is 2.25. The normalized spacial score (nSPS) is 23.2. The zero-order chi connectivity index (χ0) is 7.84. The Morgan fingerprint density at radius 2 is 2.45 bits per heavy atom. The van der Waals surface area contributed by atoms with Crippen molar-refractivity contribution in [1.29, 1.82) is 0 Å². The maximum absolute atomic E-state index is 9.18. The minimum Gasteiger partial charge on any atom is -0.491 e.